The molecule has 1 aliphatic rings. The number of carbonyl (C=O) groups is 2. The largest absolute Gasteiger partial charge is 0.495 e. The molecule has 202 valence electrons. The van der Waals surface area contributed by atoms with Gasteiger partial charge < -0.3 is 15.0 Å². The van der Waals surface area contributed by atoms with Crippen LogP contribution in [-0.2, 0) is 26.2 Å². The summed E-state index contributed by atoms with van der Waals surface area (Å²) in [5.41, 5.74) is 1.15. The minimum atomic E-state index is -3.62. The van der Waals surface area contributed by atoms with Crippen LogP contribution in [0.3, 0.4) is 0 Å². The highest BCUT2D eigenvalue weighted by molar-refractivity contribution is 7.92. The Morgan fingerprint density at radius 1 is 1.11 bits per heavy atom. The van der Waals surface area contributed by atoms with Crippen LogP contribution >= 0.6 is 11.6 Å². The number of ether oxygens (including phenoxy) is 1. The Balaban J connectivity index is 1.74. The molecule has 0 unspecified atom stereocenters. The summed E-state index contributed by atoms with van der Waals surface area (Å²) in [4.78, 5) is 28.0. The van der Waals surface area contributed by atoms with Gasteiger partial charge in [0, 0.05) is 30.6 Å². The highest BCUT2D eigenvalue weighted by Crippen LogP contribution is 2.30. The van der Waals surface area contributed by atoms with Crippen molar-refractivity contribution in [1.82, 2.24) is 10.2 Å². The first-order valence-electron chi connectivity index (χ1n) is 12.6. The molecule has 0 spiro atoms. The monoisotopic (exact) mass is 549 g/mol. The number of anilines is 1. The van der Waals surface area contributed by atoms with Crippen LogP contribution in [0.2, 0.25) is 5.02 Å². The molecule has 1 fully saturated rings. The number of nitrogens with zero attached hydrogens (tertiary/aromatic N) is 2. The van der Waals surface area contributed by atoms with Crippen LogP contribution in [0.4, 0.5) is 5.69 Å². The average molecular weight is 550 g/mol. The summed E-state index contributed by atoms with van der Waals surface area (Å²) in [5, 5.41) is 3.59. The number of para-hydroxylation sites is 2. The first-order valence-corrected chi connectivity index (χ1v) is 14.8. The van der Waals surface area contributed by atoms with Crippen LogP contribution in [0, 0.1) is 0 Å². The predicted octanol–water partition coefficient (Wildman–Crippen LogP) is 4.37. The number of hydrogen-bond donors (Lipinski definition) is 1. The van der Waals surface area contributed by atoms with Gasteiger partial charge in [0.15, 0.2) is 0 Å². The molecule has 10 heteroatoms. The van der Waals surface area contributed by atoms with Gasteiger partial charge in [-0.15, -0.1) is 0 Å². The highest BCUT2D eigenvalue weighted by atomic mass is 35.5. The third-order valence-electron chi connectivity index (χ3n) is 6.67. The number of benzene rings is 2. The van der Waals surface area contributed by atoms with Crippen molar-refractivity contribution in [2.75, 3.05) is 24.2 Å². The van der Waals surface area contributed by atoms with Gasteiger partial charge in [-0.3, -0.25) is 13.9 Å². The molecule has 0 bridgehead atoms. The Bertz CT molecular complexity index is 1180. The minimum Gasteiger partial charge on any atom is -0.495 e. The van der Waals surface area contributed by atoms with E-state index in [1.54, 1.807) is 37.3 Å². The zero-order valence-corrected chi connectivity index (χ0v) is 23.2. The molecule has 2 aromatic carbocycles. The molecule has 0 heterocycles. The Hall–Kier alpha value is -2.78. The van der Waals surface area contributed by atoms with Crippen molar-refractivity contribution < 1.29 is 22.7 Å². The van der Waals surface area contributed by atoms with Gasteiger partial charge in [0.2, 0.25) is 21.8 Å². The van der Waals surface area contributed by atoms with E-state index in [0.717, 1.165) is 37.5 Å². The lowest BCUT2D eigenvalue weighted by atomic mass is 10.1. The molecule has 2 amide bonds. The summed E-state index contributed by atoms with van der Waals surface area (Å²) in [6.45, 7) is 1.99. The lowest BCUT2D eigenvalue weighted by Crippen LogP contribution is -2.49. The summed E-state index contributed by atoms with van der Waals surface area (Å²) in [7, 11) is -2.14. The van der Waals surface area contributed by atoms with E-state index in [1.807, 2.05) is 18.2 Å². The molecule has 37 heavy (non-hydrogen) atoms. The number of sulfonamides is 1. The number of halogens is 1. The van der Waals surface area contributed by atoms with Crippen LogP contribution in [0.1, 0.15) is 51.0 Å². The maximum Gasteiger partial charge on any atom is 0.242 e. The molecular weight excluding hydrogens is 514 g/mol. The second-order valence-electron chi connectivity index (χ2n) is 9.39. The first kappa shape index (κ1) is 28.8. The second-order valence-corrected chi connectivity index (χ2v) is 11.7. The molecule has 1 N–H and O–H groups in total. The van der Waals surface area contributed by atoms with Crippen LogP contribution in [0.15, 0.2) is 48.5 Å². The molecule has 1 aliphatic carbocycles. The molecular formula is C27H36ClN3O5S. The predicted molar refractivity (Wildman–Crippen MR) is 146 cm³/mol. The molecule has 8 nitrogen and oxygen atoms in total. The van der Waals surface area contributed by atoms with Crippen LogP contribution in [-0.4, -0.2) is 57.1 Å². The smallest absolute Gasteiger partial charge is 0.242 e. The quantitative estimate of drug-likeness (QED) is 0.424. The van der Waals surface area contributed by atoms with Crippen molar-refractivity contribution in [3.05, 3.63) is 59.1 Å². The number of carbonyl (C=O) groups excluding carboxylic acids is 2. The standard InChI is InChI=1S/C27H36ClN3O5S/c1-20(27(33)29-22-12-5-6-13-22)30(19-21-11-4-7-14-23(21)28)26(32)17-10-18-31(37(3,34)35)24-15-8-9-16-25(24)36-2/h4,7-9,11,14-16,20,22H,5-6,10,12-13,17-19H2,1-3H3,(H,29,33)/t20-/m1/s1. The normalized spacial score (nSPS) is 14.7. The Kier molecular flexibility index (Phi) is 10.2. The van der Waals surface area contributed by atoms with Gasteiger partial charge in [0.25, 0.3) is 0 Å². The summed E-state index contributed by atoms with van der Waals surface area (Å²) in [6.07, 6.45) is 5.52. The fraction of sp³-hybridized carbons (Fsp3) is 0.481. The van der Waals surface area contributed by atoms with Crippen molar-refractivity contribution in [2.45, 2.75) is 64.1 Å². The van der Waals surface area contributed by atoms with E-state index >= 15 is 0 Å². The molecule has 0 saturated heterocycles. The number of amides is 2. The SMILES string of the molecule is COc1ccccc1N(CCCC(=O)N(Cc1ccccc1Cl)[C@H](C)C(=O)NC1CCCC1)S(C)(=O)=O. The molecule has 2 aromatic rings. The molecule has 1 saturated carbocycles. The van der Waals surface area contributed by atoms with Crippen LogP contribution in [0.5, 0.6) is 5.75 Å². The lowest BCUT2D eigenvalue weighted by Gasteiger charge is -2.30. The Labute approximate surface area is 225 Å². The summed E-state index contributed by atoms with van der Waals surface area (Å²) >= 11 is 6.36. The third-order valence-corrected chi connectivity index (χ3v) is 8.22. The van der Waals surface area contributed by atoms with E-state index in [2.05, 4.69) is 5.32 Å². The van der Waals surface area contributed by atoms with Crippen molar-refractivity contribution in [2.24, 2.45) is 0 Å². The molecule has 1 atom stereocenters. The average Bonchev–Trinajstić information content (AvgIpc) is 3.38. The second kappa shape index (κ2) is 13.1. The van der Waals surface area contributed by atoms with Gasteiger partial charge >= 0.3 is 0 Å². The van der Waals surface area contributed by atoms with Crippen molar-refractivity contribution in [3.63, 3.8) is 0 Å². The molecule has 3 rings (SSSR count). The first-order chi connectivity index (χ1) is 17.6. The number of nitrogens with one attached hydrogen (secondary N) is 1. The fourth-order valence-electron chi connectivity index (χ4n) is 4.60. The summed E-state index contributed by atoms with van der Waals surface area (Å²) in [5.74, 6) is -0.0154. The molecule has 0 aromatic heterocycles. The number of rotatable bonds is 12. The fourth-order valence-corrected chi connectivity index (χ4v) is 5.77. The number of hydrogen-bond acceptors (Lipinski definition) is 5. The lowest BCUT2D eigenvalue weighted by molar-refractivity contribution is -0.140. The van der Waals surface area contributed by atoms with Crippen molar-refractivity contribution in [3.8, 4) is 5.75 Å². The van der Waals surface area contributed by atoms with Gasteiger partial charge in [-0.2, -0.15) is 0 Å². The van der Waals surface area contributed by atoms with E-state index in [4.69, 9.17) is 16.3 Å². The minimum absolute atomic E-state index is 0.0622. The van der Waals surface area contributed by atoms with E-state index in [-0.39, 0.29) is 43.8 Å². The molecule has 0 radical (unpaired) electrons. The Morgan fingerprint density at radius 2 is 1.76 bits per heavy atom. The summed E-state index contributed by atoms with van der Waals surface area (Å²) < 4.78 is 31.7. The van der Waals surface area contributed by atoms with Gasteiger partial charge in [0.05, 0.1) is 19.1 Å². The third kappa shape index (κ3) is 7.85. The van der Waals surface area contributed by atoms with Crippen molar-refractivity contribution >= 4 is 39.1 Å². The van der Waals surface area contributed by atoms with Gasteiger partial charge in [-0.05, 0) is 49.9 Å². The van der Waals surface area contributed by atoms with E-state index in [9.17, 15) is 18.0 Å². The topological polar surface area (TPSA) is 96.0 Å². The van der Waals surface area contributed by atoms with Crippen LogP contribution < -0.4 is 14.4 Å². The zero-order valence-electron chi connectivity index (χ0n) is 21.7. The highest BCUT2D eigenvalue weighted by Gasteiger charge is 2.29. The van der Waals surface area contributed by atoms with Crippen molar-refractivity contribution in [1.29, 1.82) is 0 Å². The number of methoxy groups -OCH3 is 1. The van der Waals surface area contributed by atoms with E-state index in [0.29, 0.717) is 16.5 Å². The van der Waals surface area contributed by atoms with Gasteiger partial charge in [-0.1, -0.05) is 54.8 Å². The molecule has 0 aliphatic heterocycles. The van der Waals surface area contributed by atoms with Crippen LogP contribution in [0.25, 0.3) is 0 Å². The summed E-state index contributed by atoms with van der Waals surface area (Å²) in [6, 6.07) is 13.5. The van der Waals surface area contributed by atoms with Gasteiger partial charge in [0.1, 0.15) is 11.8 Å². The van der Waals surface area contributed by atoms with E-state index in [1.165, 1.54) is 16.3 Å². The Morgan fingerprint density at radius 3 is 2.41 bits per heavy atom. The maximum atomic E-state index is 13.4. The zero-order chi connectivity index (χ0) is 27.0. The maximum absolute atomic E-state index is 13.4. The van der Waals surface area contributed by atoms with E-state index < -0.39 is 16.1 Å². The van der Waals surface area contributed by atoms with Gasteiger partial charge in [-0.25, -0.2) is 8.42 Å².